The number of hydrogen-bond acceptors (Lipinski definition) is 6. The zero-order valence-electron chi connectivity index (χ0n) is 21.2. The summed E-state index contributed by atoms with van der Waals surface area (Å²) in [6, 6.07) is 19.6. The van der Waals surface area contributed by atoms with Crippen molar-refractivity contribution in [2.75, 3.05) is 0 Å². The fourth-order valence-electron chi connectivity index (χ4n) is 5.02. The van der Waals surface area contributed by atoms with Crippen molar-refractivity contribution < 1.29 is 33.0 Å². The Morgan fingerprint density at radius 2 is 1.40 bits per heavy atom. The van der Waals surface area contributed by atoms with Crippen LogP contribution in [0.1, 0.15) is 37.4 Å². The van der Waals surface area contributed by atoms with Gasteiger partial charge >= 0.3 is 0 Å². The molecule has 2 heterocycles. The number of nitrogens with one attached hydrogen (secondary N) is 2. The maximum atomic E-state index is 14.3. The number of imide groups is 2. The van der Waals surface area contributed by atoms with Crippen molar-refractivity contribution in [2.24, 2.45) is 0 Å². The maximum Gasteiger partial charge on any atom is 0.261 e. The van der Waals surface area contributed by atoms with Gasteiger partial charge < -0.3 is 9.47 Å². The van der Waals surface area contributed by atoms with Crippen LogP contribution in [0.4, 0.5) is 4.39 Å². The summed E-state index contributed by atoms with van der Waals surface area (Å²) in [5, 5.41) is 4.62. The number of carbonyl (C=O) groups is 4. The lowest BCUT2D eigenvalue weighted by Crippen LogP contribution is -2.37. The minimum atomic E-state index is -0.639. The molecule has 0 saturated heterocycles. The topological polar surface area (TPSA) is 111 Å². The molecule has 198 valence electrons. The molecule has 40 heavy (non-hydrogen) atoms. The average molecular weight is 537 g/mol. The summed E-state index contributed by atoms with van der Waals surface area (Å²) in [6.07, 6.45) is -0.0176. The standard InChI is InChI=1S/C31H21FN2O6/c1-16-11-18(13-19(12-16)39-24-8-4-5-17-14-26(35)33-30(37)28(17)24)20-9-10-25(40-23-7-3-2-6-22(23)32)29-21(20)15-27(36)34-31(29)38/h2-13H,14-15H2,1H3,(H,33,35,37)(H,34,36,38). The highest BCUT2D eigenvalue weighted by molar-refractivity contribution is 6.13. The lowest BCUT2D eigenvalue weighted by Gasteiger charge is -2.23. The van der Waals surface area contributed by atoms with Crippen LogP contribution in [0.3, 0.4) is 0 Å². The minimum absolute atomic E-state index is 0.0506. The van der Waals surface area contributed by atoms with Gasteiger partial charge in [0.05, 0.1) is 24.0 Å². The first-order chi connectivity index (χ1) is 19.3. The molecule has 4 aromatic carbocycles. The number of fused-ring (bicyclic) bond motifs is 2. The molecule has 0 fully saturated rings. The van der Waals surface area contributed by atoms with Crippen LogP contribution < -0.4 is 20.1 Å². The van der Waals surface area contributed by atoms with Gasteiger partial charge in [0, 0.05) is 0 Å². The predicted octanol–water partition coefficient (Wildman–Crippen LogP) is 5.01. The monoisotopic (exact) mass is 536 g/mol. The van der Waals surface area contributed by atoms with E-state index in [-0.39, 0.29) is 35.8 Å². The van der Waals surface area contributed by atoms with E-state index in [1.54, 1.807) is 48.5 Å². The Morgan fingerprint density at radius 3 is 2.20 bits per heavy atom. The third-order valence-corrected chi connectivity index (χ3v) is 6.68. The lowest BCUT2D eigenvalue weighted by atomic mass is 9.89. The normalized spacial score (nSPS) is 14.2. The van der Waals surface area contributed by atoms with Gasteiger partial charge in [-0.1, -0.05) is 36.4 Å². The Hall–Kier alpha value is -5.31. The molecule has 2 aliphatic heterocycles. The Bertz CT molecular complexity index is 1760. The zero-order valence-corrected chi connectivity index (χ0v) is 21.2. The molecule has 4 amide bonds. The minimum Gasteiger partial charge on any atom is -0.456 e. The van der Waals surface area contributed by atoms with Crippen molar-refractivity contribution in [1.82, 2.24) is 10.6 Å². The van der Waals surface area contributed by atoms with E-state index >= 15 is 0 Å². The first-order valence-electron chi connectivity index (χ1n) is 12.5. The summed E-state index contributed by atoms with van der Waals surface area (Å²) < 4.78 is 26.2. The van der Waals surface area contributed by atoms with Crippen LogP contribution in [-0.2, 0) is 22.4 Å². The quantitative estimate of drug-likeness (QED) is 0.347. The molecule has 9 heteroatoms. The third-order valence-electron chi connectivity index (χ3n) is 6.68. The third kappa shape index (κ3) is 4.58. The van der Waals surface area contributed by atoms with Crippen LogP contribution in [0.15, 0.2) is 72.8 Å². The molecule has 8 nitrogen and oxygen atoms in total. The van der Waals surface area contributed by atoms with Crippen molar-refractivity contribution in [2.45, 2.75) is 19.8 Å². The second kappa shape index (κ2) is 9.77. The number of carbonyl (C=O) groups excluding carboxylic acids is 4. The fraction of sp³-hybridized carbons (Fsp3) is 0.0968. The maximum absolute atomic E-state index is 14.3. The first-order valence-corrected chi connectivity index (χ1v) is 12.5. The fourth-order valence-corrected chi connectivity index (χ4v) is 5.02. The second-order valence-electron chi connectivity index (χ2n) is 9.53. The predicted molar refractivity (Wildman–Crippen MR) is 142 cm³/mol. The number of rotatable bonds is 5. The number of para-hydroxylation sites is 1. The molecule has 0 saturated carbocycles. The SMILES string of the molecule is Cc1cc(Oc2cccc3c2C(=O)NC(=O)C3)cc(-c2ccc(Oc3ccccc3F)c3c2CC(=O)NC3=O)c1. The van der Waals surface area contributed by atoms with Gasteiger partial charge in [0.2, 0.25) is 11.8 Å². The van der Waals surface area contributed by atoms with Crippen LogP contribution in [0.2, 0.25) is 0 Å². The van der Waals surface area contributed by atoms with E-state index < -0.39 is 23.5 Å². The molecule has 6 rings (SSSR count). The number of amides is 4. The number of benzene rings is 4. The summed E-state index contributed by atoms with van der Waals surface area (Å²) in [5.41, 5.74) is 3.53. The van der Waals surface area contributed by atoms with Crippen LogP contribution >= 0.6 is 0 Å². The highest BCUT2D eigenvalue weighted by Gasteiger charge is 2.30. The van der Waals surface area contributed by atoms with Crippen molar-refractivity contribution in [3.05, 3.63) is 106 Å². The molecule has 0 aromatic heterocycles. The second-order valence-corrected chi connectivity index (χ2v) is 9.53. The van der Waals surface area contributed by atoms with Crippen molar-refractivity contribution in [3.8, 4) is 34.1 Å². The summed E-state index contributed by atoms with van der Waals surface area (Å²) in [6.45, 7) is 1.86. The van der Waals surface area contributed by atoms with Crippen LogP contribution in [0, 0.1) is 12.7 Å². The van der Waals surface area contributed by atoms with E-state index in [0.29, 0.717) is 39.3 Å². The molecule has 0 aliphatic carbocycles. The number of ether oxygens (including phenoxy) is 2. The van der Waals surface area contributed by atoms with E-state index in [2.05, 4.69) is 10.6 Å². The van der Waals surface area contributed by atoms with Crippen molar-refractivity contribution in [3.63, 3.8) is 0 Å². The molecule has 2 N–H and O–H groups in total. The number of halogens is 1. The molecule has 2 aliphatic rings. The van der Waals surface area contributed by atoms with Gasteiger partial charge in [0.25, 0.3) is 11.8 Å². The Morgan fingerprint density at radius 1 is 0.700 bits per heavy atom. The molecular weight excluding hydrogens is 515 g/mol. The smallest absolute Gasteiger partial charge is 0.261 e. The van der Waals surface area contributed by atoms with E-state index in [1.807, 2.05) is 13.0 Å². The lowest BCUT2D eigenvalue weighted by molar-refractivity contribution is -0.120. The van der Waals surface area contributed by atoms with Gasteiger partial charge in [-0.05, 0) is 71.1 Å². The van der Waals surface area contributed by atoms with E-state index in [4.69, 9.17) is 9.47 Å². The molecule has 4 aromatic rings. The van der Waals surface area contributed by atoms with Crippen LogP contribution in [0.25, 0.3) is 11.1 Å². The van der Waals surface area contributed by atoms with Gasteiger partial charge in [0.1, 0.15) is 17.2 Å². The molecule has 0 atom stereocenters. The van der Waals surface area contributed by atoms with Gasteiger partial charge in [0.15, 0.2) is 11.6 Å². The molecule has 0 radical (unpaired) electrons. The summed E-state index contributed by atoms with van der Waals surface area (Å²) in [7, 11) is 0. The molecular formula is C31H21FN2O6. The van der Waals surface area contributed by atoms with E-state index in [0.717, 1.165) is 5.56 Å². The molecule has 0 unspecified atom stereocenters. The van der Waals surface area contributed by atoms with Gasteiger partial charge in [-0.3, -0.25) is 29.8 Å². The average Bonchev–Trinajstić information content (AvgIpc) is 2.89. The summed E-state index contributed by atoms with van der Waals surface area (Å²) in [4.78, 5) is 49.7. The molecule has 0 spiro atoms. The number of aryl methyl sites for hydroxylation is 1. The van der Waals surface area contributed by atoms with Crippen molar-refractivity contribution >= 4 is 23.6 Å². The van der Waals surface area contributed by atoms with E-state index in [9.17, 15) is 23.6 Å². The van der Waals surface area contributed by atoms with E-state index in [1.165, 1.54) is 18.2 Å². The number of hydrogen-bond donors (Lipinski definition) is 2. The molecule has 0 bridgehead atoms. The Labute approximate surface area is 227 Å². The summed E-state index contributed by atoms with van der Waals surface area (Å²) >= 11 is 0. The largest absolute Gasteiger partial charge is 0.456 e. The zero-order chi connectivity index (χ0) is 28.0. The first kappa shape index (κ1) is 25.0. The van der Waals surface area contributed by atoms with Crippen LogP contribution in [0.5, 0.6) is 23.0 Å². The van der Waals surface area contributed by atoms with Crippen molar-refractivity contribution in [1.29, 1.82) is 0 Å². The van der Waals surface area contributed by atoms with Gasteiger partial charge in [-0.2, -0.15) is 0 Å². The highest BCUT2D eigenvalue weighted by atomic mass is 19.1. The summed E-state index contributed by atoms with van der Waals surface area (Å²) in [5.74, 6) is -1.82. The van der Waals surface area contributed by atoms with Gasteiger partial charge in [-0.25, -0.2) is 4.39 Å². The van der Waals surface area contributed by atoms with Crippen LogP contribution in [-0.4, -0.2) is 23.6 Å². The Kier molecular flexibility index (Phi) is 6.11. The Balaban J connectivity index is 1.42. The highest BCUT2D eigenvalue weighted by Crippen LogP contribution is 2.39. The van der Waals surface area contributed by atoms with Gasteiger partial charge in [-0.15, -0.1) is 0 Å².